The van der Waals surface area contributed by atoms with E-state index in [1.807, 2.05) is 64.1 Å². The number of anilines is 1. The molecule has 0 aromatic heterocycles. The SMILES string of the molecule is CCC(C(=O)NC1CCCCC1)N(CCc1ccccc1)C(=O)CN(c1cc(C)cc(C)c1)S(=O)(=O)c1ccc(C)cc1. The molecule has 1 fully saturated rings. The first-order valence-corrected chi connectivity index (χ1v) is 16.8. The lowest BCUT2D eigenvalue weighted by molar-refractivity contribution is -0.140. The second kappa shape index (κ2) is 14.7. The highest BCUT2D eigenvalue weighted by atomic mass is 32.2. The van der Waals surface area contributed by atoms with Gasteiger partial charge in [0.25, 0.3) is 10.0 Å². The number of sulfonamides is 1. The normalized spacial score (nSPS) is 14.6. The Kier molecular flexibility index (Phi) is 11.0. The molecule has 230 valence electrons. The molecule has 0 saturated heterocycles. The van der Waals surface area contributed by atoms with E-state index in [4.69, 9.17) is 0 Å². The van der Waals surface area contributed by atoms with Crippen LogP contribution in [0, 0.1) is 20.8 Å². The molecule has 0 aliphatic heterocycles. The molecular formula is C35H45N3O4S. The zero-order valence-electron chi connectivity index (χ0n) is 25.9. The van der Waals surface area contributed by atoms with Gasteiger partial charge in [0.2, 0.25) is 11.8 Å². The van der Waals surface area contributed by atoms with Gasteiger partial charge in [0, 0.05) is 12.6 Å². The predicted octanol–water partition coefficient (Wildman–Crippen LogP) is 6.11. The maximum Gasteiger partial charge on any atom is 0.264 e. The van der Waals surface area contributed by atoms with Crippen LogP contribution in [0.15, 0.2) is 77.7 Å². The van der Waals surface area contributed by atoms with Gasteiger partial charge in [-0.2, -0.15) is 0 Å². The van der Waals surface area contributed by atoms with Crippen LogP contribution in [0.3, 0.4) is 0 Å². The maximum atomic E-state index is 14.3. The molecule has 1 unspecified atom stereocenters. The monoisotopic (exact) mass is 603 g/mol. The van der Waals surface area contributed by atoms with Crippen molar-refractivity contribution < 1.29 is 18.0 Å². The minimum Gasteiger partial charge on any atom is -0.352 e. The molecule has 4 rings (SSSR count). The number of rotatable bonds is 12. The second-order valence-corrected chi connectivity index (χ2v) is 13.6. The Balaban J connectivity index is 1.69. The van der Waals surface area contributed by atoms with Gasteiger partial charge >= 0.3 is 0 Å². The summed E-state index contributed by atoms with van der Waals surface area (Å²) < 4.78 is 29.4. The van der Waals surface area contributed by atoms with E-state index in [1.165, 1.54) is 10.7 Å². The van der Waals surface area contributed by atoms with Gasteiger partial charge in [0.15, 0.2) is 0 Å². The fourth-order valence-electron chi connectivity index (χ4n) is 5.90. The molecular weight excluding hydrogens is 558 g/mol. The van der Waals surface area contributed by atoms with Crippen LogP contribution in [0.25, 0.3) is 0 Å². The number of hydrogen-bond acceptors (Lipinski definition) is 4. The van der Waals surface area contributed by atoms with Gasteiger partial charge in [-0.1, -0.05) is 80.3 Å². The smallest absolute Gasteiger partial charge is 0.264 e. The summed E-state index contributed by atoms with van der Waals surface area (Å²) in [5, 5.41) is 3.20. The van der Waals surface area contributed by atoms with Crippen LogP contribution in [0.1, 0.15) is 67.7 Å². The number of carbonyl (C=O) groups excluding carboxylic acids is 2. The van der Waals surface area contributed by atoms with E-state index in [2.05, 4.69) is 5.32 Å². The molecule has 1 saturated carbocycles. The first-order valence-electron chi connectivity index (χ1n) is 15.4. The van der Waals surface area contributed by atoms with Crippen LogP contribution in [0.2, 0.25) is 0 Å². The van der Waals surface area contributed by atoms with Crippen molar-refractivity contribution in [2.24, 2.45) is 0 Å². The molecule has 3 aromatic rings. The molecule has 3 aromatic carbocycles. The van der Waals surface area contributed by atoms with Crippen molar-refractivity contribution >= 4 is 27.5 Å². The van der Waals surface area contributed by atoms with Gasteiger partial charge in [-0.25, -0.2) is 8.42 Å². The Morgan fingerprint density at radius 1 is 0.860 bits per heavy atom. The molecule has 1 atom stereocenters. The molecule has 2 amide bonds. The Hall–Kier alpha value is -3.65. The third-order valence-electron chi connectivity index (χ3n) is 8.20. The lowest BCUT2D eigenvalue weighted by Crippen LogP contribution is -2.54. The first-order chi connectivity index (χ1) is 20.6. The van der Waals surface area contributed by atoms with E-state index >= 15 is 0 Å². The van der Waals surface area contributed by atoms with Crippen LogP contribution < -0.4 is 9.62 Å². The van der Waals surface area contributed by atoms with Gasteiger partial charge in [-0.15, -0.1) is 0 Å². The summed E-state index contributed by atoms with van der Waals surface area (Å²) in [7, 11) is -4.09. The van der Waals surface area contributed by atoms with Crippen molar-refractivity contribution in [1.29, 1.82) is 0 Å². The zero-order chi connectivity index (χ0) is 31.0. The zero-order valence-corrected chi connectivity index (χ0v) is 26.7. The van der Waals surface area contributed by atoms with Gasteiger partial charge < -0.3 is 10.2 Å². The molecule has 43 heavy (non-hydrogen) atoms. The van der Waals surface area contributed by atoms with Gasteiger partial charge in [-0.05, 0) is 87.4 Å². The average molecular weight is 604 g/mol. The highest BCUT2D eigenvalue weighted by Gasteiger charge is 2.34. The summed E-state index contributed by atoms with van der Waals surface area (Å²) in [5.74, 6) is -0.577. The van der Waals surface area contributed by atoms with Crippen LogP contribution in [0.4, 0.5) is 5.69 Å². The van der Waals surface area contributed by atoms with Gasteiger partial charge in [0.1, 0.15) is 12.6 Å². The number of benzene rings is 3. The summed E-state index contributed by atoms with van der Waals surface area (Å²) >= 11 is 0. The fraction of sp³-hybridized carbons (Fsp3) is 0.429. The molecule has 1 aliphatic rings. The van der Waals surface area contributed by atoms with Gasteiger partial charge in [0.05, 0.1) is 10.6 Å². The number of amides is 2. The Labute approximate surface area is 257 Å². The van der Waals surface area contributed by atoms with Crippen molar-refractivity contribution in [2.75, 3.05) is 17.4 Å². The quantitative estimate of drug-likeness (QED) is 0.271. The molecule has 7 nitrogen and oxygen atoms in total. The number of hydrogen-bond donors (Lipinski definition) is 1. The van der Waals surface area contributed by atoms with Crippen LogP contribution >= 0.6 is 0 Å². The minimum atomic E-state index is -4.09. The molecule has 0 heterocycles. The second-order valence-electron chi connectivity index (χ2n) is 11.8. The first kappa shape index (κ1) is 32.3. The topological polar surface area (TPSA) is 86.8 Å². The van der Waals surface area contributed by atoms with Crippen LogP contribution in [-0.2, 0) is 26.0 Å². The van der Waals surface area contributed by atoms with Crippen LogP contribution in [-0.4, -0.2) is 50.3 Å². The number of nitrogens with zero attached hydrogens (tertiary/aromatic N) is 2. The van der Waals surface area contributed by atoms with Gasteiger partial charge in [-0.3, -0.25) is 13.9 Å². The number of aryl methyl sites for hydroxylation is 3. The summed E-state index contributed by atoms with van der Waals surface area (Å²) in [4.78, 5) is 29.6. The van der Waals surface area contributed by atoms with E-state index < -0.39 is 28.5 Å². The lowest BCUT2D eigenvalue weighted by atomic mass is 9.95. The summed E-state index contributed by atoms with van der Waals surface area (Å²) in [6, 6.07) is 21.4. The highest BCUT2D eigenvalue weighted by molar-refractivity contribution is 7.92. The highest BCUT2D eigenvalue weighted by Crippen LogP contribution is 2.27. The van der Waals surface area contributed by atoms with Crippen molar-refractivity contribution in [3.63, 3.8) is 0 Å². The average Bonchev–Trinajstić information content (AvgIpc) is 2.98. The summed E-state index contributed by atoms with van der Waals surface area (Å²) in [6.07, 6.45) is 6.20. The maximum absolute atomic E-state index is 14.3. The third kappa shape index (κ3) is 8.47. The van der Waals surface area contributed by atoms with Crippen molar-refractivity contribution in [2.45, 2.75) is 89.6 Å². The van der Waals surface area contributed by atoms with E-state index in [1.54, 1.807) is 41.3 Å². The van der Waals surface area contributed by atoms with E-state index in [-0.39, 0.29) is 16.8 Å². The number of nitrogens with one attached hydrogen (secondary N) is 1. The van der Waals surface area contributed by atoms with Crippen molar-refractivity contribution in [1.82, 2.24) is 10.2 Å². The molecule has 0 radical (unpaired) electrons. The third-order valence-corrected chi connectivity index (χ3v) is 9.99. The molecule has 0 bridgehead atoms. The van der Waals surface area contributed by atoms with E-state index in [9.17, 15) is 18.0 Å². The Morgan fingerprint density at radius 2 is 1.49 bits per heavy atom. The van der Waals surface area contributed by atoms with Crippen LogP contribution in [0.5, 0.6) is 0 Å². The van der Waals surface area contributed by atoms with E-state index in [0.717, 1.165) is 47.9 Å². The Bertz CT molecular complexity index is 1460. The van der Waals surface area contributed by atoms with Crippen molar-refractivity contribution in [3.8, 4) is 0 Å². The summed E-state index contributed by atoms with van der Waals surface area (Å²) in [6.45, 7) is 7.49. The minimum absolute atomic E-state index is 0.107. The fourth-order valence-corrected chi connectivity index (χ4v) is 7.30. The molecule has 8 heteroatoms. The summed E-state index contributed by atoms with van der Waals surface area (Å²) in [5.41, 5.74) is 4.20. The largest absolute Gasteiger partial charge is 0.352 e. The number of carbonyl (C=O) groups is 2. The van der Waals surface area contributed by atoms with Crippen molar-refractivity contribution in [3.05, 3.63) is 95.1 Å². The standard InChI is InChI=1S/C35H45N3O4S/c1-5-33(35(40)36-30-14-10-7-11-15-30)37(21-20-29-12-8-6-9-13-29)34(39)25-38(31-23-27(3)22-28(4)24-31)43(41,42)32-18-16-26(2)17-19-32/h6,8-9,12-13,16-19,22-24,30,33H,5,7,10-11,14-15,20-21,25H2,1-4H3,(H,36,40). The predicted molar refractivity (Wildman–Crippen MR) is 173 cm³/mol. The Morgan fingerprint density at radius 3 is 2.09 bits per heavy atom. The molecule has 1 N–H and O–H groups in total. The molecule has 0 spiro atoms. The molecule has 1 aliphatic carbocycles. The lowest BCUT2D eigenvalue weighted by Gasteiger charge is -2.34. The van der Waals surface area contributed by atoms with E-state index in [0.29, 0.717) is 25.1 Å².